The number of carbonyl (C=O) groups is 2. The summed E-state index contributed by atoms with van der Waals surface area (Å²) in [5.74, 6) is -1.92. The van der Waals surface area contributed by atoms with Crippen LogP contribution in [0.15, 0.2) is 42.5 Å². The van der Waals surface area contributed by atoms with Crippen LogP contribution in [-0.2, 0) is 31.7 Å². The Morgan fingerprint density at radius 1 is 1.07 bits per heavy atom. The minimum atomic E-state index is -3.59. The Balaban J connectivity index is 0.00000392. The first-order valence-corrected chi connectivity index (χ1v) is 10.0. The predicted molar refractivity (Wildman–Crippen MR) is 110 cm³/mol. The van der Waals surface area contributed by atoms with E-state index in [2.05, 4.69) is 10.1 Å². The summed E-state index contributed by atoms with van der Waals surface area (Å²) in [4.78, 5) is 23.4. The Hall–Kier alpha value is -2.58. The molecule has 0 fully saturated rings. The van der Waals surface area contributed by atoms with Crippen LogP contribution in [-0.4, -0.2) is 33.2 Å². The second-order valence-corrected chi connectivity index (χ2v) is 8.25. The third-order valence-electron chi connectivity index (χ3n) is 3.93. The van der Waals surface area contributed by atoms with Gasteiger partial charge in [0, 0.05) is 17.8 Å². The number of halogens is 1. The smallest absolute Gasteiger partial charge is 0.320 e. The normalized spacial score (nSPS) is 10.6. The van der Waals surface area contributed by atoms with Crippen molar-refractivity contribution in [3.05, 3.63) is 64.7 Å². The summed E-state index contributed by atoms with van der Waals surface area (Å²) in [5, 5.41) is 2.81. The van der Waals surface area contributed by atoms with Crippen molar-refractivity contribution in [2.24, 2.45) is 0 Å². The zero-order valence-electron chi connectivity index (χ0n) is 15.6. The second kappa shape index (κ2) is 10.1. The number of hydrogen-bond acceptors (Lipinski definition) is 6. The van der Waals surface area contributed by atoms with Gasteiger partial charge in [-0.15, -0.1) is 12.4 Å². The third kappa shape index (κ3) is 6.86. The van der Waals surface area contributed by atoms with E-state index >= 15 is 0 Å². The van der Waals surface area contributed by atoms with Crippen LogP contribution in [0.1, 0.15) is 27.0 Å². The van der Waals surface area contributed by atoms with E-state index in [0.717, 1.165) is 18.2 Å². The summed E-state index contributed by atoms with van der Waals surface area (Å²) in [6.07, 6.45) is 0. The summed E-state index contributed by atoms with van der Waals surface area (Å²) in [6, 6.07) is 11.9. The first-order chi connectivity index (χ1) is 12.7. The minimum absolute atomic E-state index is 0. The minimum Gasteiger partial charge on any atom is -0.468 e. The number of nitrogens with one attached hydrogen (secondary N) is 1. The quantitative estimate of drug-likeness (QED) is 0.517. The molecule has 2 aromatic carbocycles. The van der Waals surface area contributed by atoms with Crippen LogP contribution in [0.4, 0.5) is 5.69 Å². The van der Waals surface area contributed by atoms with Gasteiger partial charge in [0.15, 0.2) is 9.84 Å². The number of carbonyl (C=O) groups excluding carboxylic acids is 2. The Labute approximate surface area is 170 Å². The van der Waals surface area contributed by atoms with Crippen molar-refractivity contribution in [3.8, 4) is 0 Å². The molecule has 0 aromatic heterocycles. The molecule has 28 heavy (non-hydrogen) atoms. The van der Waals surface area contributed by atoms with E-state index < -0.39 is 21.6 Å². The zero-order chi connectivity index (χ0) is 20.0. The standard InChI is InChI=1S/C19H22N2O5S.ClH/c1-13-3-8-16(20)9-17(13)19(23)21-10-14-4-6-15(7-5-14)11-27(24,25)12-18(22)26-2;/h3-9H,10-12,20H2,1-2H3,(H,21,23);1H. The van der Waals surface area contributed by atoms with Gasteiger partial charge in [-0.3, -0.25) is 9.59 Å². The Bertz CT molecular complexity index is 943. The number of aryl methyl sites for hydroxylation is 1. The van der Waals surface area contributed by atoms with E-state index in [1.165, 1.54) is 0 Å². The summed E-state index contributed by atoms with van der Waals surface area (Å²) in [5.41, 5.74) is 8.95. The average molecular weight is 427 g/mol. The molecule has 9 heteroatoms. The van der Waals surface area contributed by atoms with Gasteiger partial charge in [-0.2, -0.15) is 0 Å². The lowest BCUT2D eigenvalue weighted by Crippen LogP contribution is -2.23. The van der Waals surface area contributed by atoms with Crippen molar-refractivity contribution < 1.29 is 22.7 Å². The number of esters is 1. The maximum atomic E-state index is 12.3. The van der Waals surface area contributed by atoms with Crippen molar-refractivity contribution in [3.63, 3.8) is 0 Å². The number of methoxy groups -OCH3 is 1. The Morgan fingerprint density at radius 3 is 2.29 bits per heavy atom. The number of amides is 1. The molecule has 2 rings (SSSR count). The number of anilines is 1. The lowest BCUT2D eigenvalue weighted by molar-refractivity contribution is -0.137. The van der Waals surface area contributed by atoms with E-state index in [4.69, 9.17) is 5.73 Å². The lowest BCUT2D eigenvalue weighted by Gasteiger charge is -2.09. The van der Waals surface area contributed by atoms with E-state index in [1.54, 1.807) is 42.5 Å². The van der Waals surface area contributed by atoms with Crippen LogP contribution < -0.4 is 11.1 Å². The van der Waals surface area contributed by atoms with Crippen LogP contribution in [0.2, 0.25) is 0 Å². The summed E-state index contributed by atoms with van der Waals surface area (Å²) >= 11 is 0. The topological polar surface area (TPSA) is 116 Å². The van der Waals surface area contributed by atoms with E-state index in [0.29, 0.717) is 23.4 Å². The largest absolute Gasteiger partial charge is 0.468 e. The van der Waals surface area contributed by atoms with Gasteiger partial charge in [-0.05, 0) is 35.7 Å². The molecule has 0 unspecified atom stereocenters. The van der Waals surface area contributed by atoms with Gasteiger partial charge in [0.1, 0.15) is 5.75 Å². The molecule has 0 atom stereocenters. The van der Waals surface area contributed by atoms with E-state index in [9.17, 15) is 18.0 Å². The van der Waals surface area contributed by atoms with Crippen molar-refractivity contribution in [2.45, 2.75) is 19.2 Å². The molecule has 0 aliphatic heterocycles. The molecular formula is C19H23ClN2O5S. The number of nitrogen functional groups attached to an aromatic ring is 1. The molecule has 3 N–H and O–H groups in total. The molecule has 0 aliphatic rings. The van der Waals surface area contributed by atoms with Gasteiger partial charge in [0.2, 0.25) is 0 Å². The molecule has 0 bridgehead atoms. The predicted octanol–water partition coefficient (Wildman–Crippen LogP) is 2.02. The van der Waals surface area contributed by atoms with Crippen molar-refractivity contribution >= 4 is 39.8 Å². The van der Waals surface area contributed by atoms with E-state index in [1.807, 2.05) is 6.92 Å². The van der Waals surface area contributed by atoms with Crippen molar-refractivity contribution in [1.29, 1.82) is 0 Å². The third-order valence-corrected chi connectivity index (χ3v) is 5.38. The molecule has 0 spiro atoms. The highest BCUT2D eigenvalue weighted by molar-refractivity contribution is 7.91. The summed E-state index contributed by atoms with van der Waals surface area (Å²) < 4.78 is 28.2. The highest BCUT2D eigenvalue weighted by Crippen LogP contribution is 2.13. The van der Waals surface area contributed by atoms with Crippen LogP contribution >= 0.6 is 12.4 Å². The molecule has 7 nitrogen and oxygen atoms in total. The molecule has 0 saturated heterocycles. The Morgan fingerprint density at radius 2 is 1.68 bits per heavy atom. The van der Waals surface area contributed by atoms with Crippen LogP contribution in [0.3, 0.4) is 0 Å². The van der Waals surface area contributed by atoms with Gasteiger partial charge in [0.05, 0.1) is 12.9 Å². The molecule has 1 amide bonds. The maximum absolute atomic E-state index is 12.3. The van der Waals surface area contributed by atoms with Gasteiger partial charge in [0.25, 0.3) is 5.91 Å². The molecule has 2 aromatic rings. The molecule has 0 aliphatic carbocycles. The van der Waals surface area contributed by atoms with Crippen LogP contribution in [0.25, 0.3) is 0 Å². The van der Waals surface area contributed by atoms with E-state index in [-0.39, 0.29) is 24.1 Å². The molecule has 152 valence electrons. The first-order valence-electron chi connectivity index (χ1n) is 8.19. The number of hydrogen-bond donors (Lipinski definition) is 2. The number of sulfone groups is 1. The first kappa shape index (κ1) is 23.5. The van der Waals surface area contributed by atoms with Crippen LogP contribution in [0.5, 0.6) is 0 Å². The Kier molecular flexibility index (Phi) is 8.46. The molecule has 0 radical (unpaired) electrons. The van der Waals surface area contributed by atoms with Crippen LogP contribution in [0, 0.1) is 6.92 Å². The highest BCUT2D eigenvalue weighted by Gasteiger charge is 2.17. The second-order valence-electron chi connectivity index (χ2n) is 6.18. The van der Waals surface area contributed by atoms with Gasteiger partial charge in [-0.25, -0.2) is 8.42 Å². The fourth-order valence-corrected chi connectivity index (χ4v) is 3.74. The molecule has 0 saturated carbocycles. The van der Waals surface area contributed by atoms with Gasteiger partial charge < -0.3 is 15.8 Å². The fraction of sp³-hybridized carbons (Fsp3) is 0.263. The monoisotopic (exact) mass is 426 g/mol. The number of benzene rings is 2. The number of nitrogens with two attached hydrogens (primary N) is 1. The number of ether oxygens (including phenoxy) is 1. The molecular weight excluding hydrogens is 404 g/mol. The fourth-order valence-electron chi connectivity index (χ4n) is 2.46. The highest BCUT2D eigenvalue weighted by atomic mass is 35.5. The van der Waals surface area contributed by atoms with Gasteiger partial charge >= 0.3 is 5.97 Å². The number of rotatable bonds is 7. The summed E-state index contributed by atoms with van der Waals surface area (Å²) in [7, 11) is -2.44. The van der Waals surface area contributed by atoms with Gasteiger partial charge in [-0.1, -0.05) is 30.3 Å². The zero-order valence-corrected chi connectivity index (χ0v) is 17.2. The lowest BCUT2D eigenvalue weighted by atomic mass is 10.1. The SMILES string of the molecule is COC(=O)CS(=O)(=O)Cc1ccc(CNC(=O)c2cc(N)ccc2C)cc1.Cl. The summed E-state index contributed by atoms with van der Waals surface area (Å²) in [6.45, 7) is 2.13. The van der Waals surface area contributed by atoms with Crippen molar-refractivity contribution in [1.82, 2.24) is 5.32 Å². The molecule has 0 heterocycles. The van der Waals surface area contributed by atoms with Crippen molar-refractivity contribution in [2.75, 3.05) is 18.6 Å². The average Bonchev–Trinajstić information content (AvgIpc) is 2.62. The maximum Gasteiger partial charge on any atom is 0.320 e.